The lowest BCUT2D eigenvalue weighted by Gasteiger charge is -2.36. The van der Waals surface area contributed by atoms with Crippen LogP contribution in [0.1, 0.15) is 19.4 Å². The summed E-state index contributed by atoms with van der Waals surface area (Å²) in [7, 11) is 0. The van der Waals surface area contributed by atoms with Crippen LogP contribution in [0, 0.1) is 12.8 Å². The van der Waals surface area contributed by atoms with Crippen molar-refractivity contribution in [1.29, 1.82) is 0 Å². The van der Waals surface area contributed by atoms with Crippen molar-refractivity contribution in [2.75, 3.05) is 41.3 Å². The third-order valence-electron chi connectivity index (χ3n) is 4.40. The molecule has 2 heterocycles. The Morgan fingerprint density at radius 1 is 1.04 bits per heavy atom. The molecule has 1 aromatic heterocycles. The summed E-state index contributed by atoms with van der Waals surface area (Å²) in [6.07, 6.45) is 0. The fourth-order valence-corrected chi connectivity index (χ4v) is 2.85. The molecule has 1 aliphatic rings. The first-order chi connectivity index (χ1) is 12.0. The van der Waals surface area contributed by atoms with Crippen LogP contribution in [-0.2, 0) is 4.79 Å². The number of hydrogen-bond donors (Lipinski definition) is 1. The summed E-state index contributed by atoms with van der Waals surface area (Å²) < 4.78 is 0. The number of hydrogen-bond acceptors (Lipinski definition) is 5. The maximum absolute atomic E-state index is 11.7. The van der Waals surface area contributed by atoms with Gasteiger partial charge in [0, 0.05) is 37.8 Å². The van der Waals surface area contributed by atoms with Crippen LogP contribution in [0.4, 0.5) is 17.3 Å². The number of aromatic nitrogens is 2. The summed E-state index contributed by atoms with van der Waals surface area (Å²) in [4.78, 5) is 16.3. The first-order valence-electron chi connectivity index (χ1n) is 8.74. The van der Waals surface area contributed by atoms with Crippen LogP contribution in [0.3, 0.4) is 0 Å². The third kappa shape index (κ3) is 4.26. The van der Waals surface area contributed by atoms with Crippen molar-refractivity contribution in [3.05, 3.63) is 42.0 Å². The van der Waals surface area contributed by atoms with E-state index in [0.717, 1.165) is 32.0 Å². The molecular formula is C19H25N5O. The number of aryl methyl sites for hydroxylation is 1. The van der Waals surface area contributed by atoms with Crippen LogP contribution in [-0.4, -0.2) is 42.3 Å². The van der Waals surface area contributed by atoms with Gasteiger partial charge in [-0.05, 0) is 36.8 Å². The second-order valence-electron chi connectivity index (χ2n) is 6.73. The molecule has 0 atom stereocenters. The zero-order valence-electron chi connectivity index (χ0n) is 15.1. The van der Waals surface area contributed by atoms with Gasteiger partial charge in [0.25, 0.3) is 0 Å². The molecule has 3 rings (SSSR count). The van der Waals surface area contributed by atoms with Crippen molar-refractivity contribution in [2.45, 2.75) is 20.8 Å². The molecule has 0 unspecified atom stereocenters. The Hall–Kier alpha value is -2.63. The summed E-state index contributed by atoms with van der Waals surface area (Å²) in [5.74, 6) is 1.23. The largest absolute Gasteiger partial charge is 0.368 e. The van der Waals surface area contributed by atoms with E-state index in [4.69, 9.17) is 0 Å². The molecule has 6 heteroatoms. The molecule has 132 valence electrons. The van der Waals surface area contributed by atoms with Crippen LogP contribution in [0.15, 0.2) is 36.4 Å². The number of nitrogens with one attached hydrogen (secondary N) is 1. The SMILES string of the molecule is Cc1cccc(N2CCN(c3ccc(NC(=O)C(C)C)nn3)CC2)c1. The number of rotatable bonds is 4. The standard InChI is InChI=1S/C19H25N5O/c1-14(2)19(25)20-17-7-8-18(22-21-17)24-11-9-23(10-12-24)16-6-4-5-15(3)13-16/h4-8,13-14H,9-12H2,1-3H3,(H,20,21,25). The summed E-state index contributed by atoms with van der Waals surface area (Å²) in [5.41, 5.74) is 2.56. The van der Waals surface area contributed by atoms with Gasteiger partial charge in [0.2, 0.25) is 5.91 Å². The van der Waals surface area contributed by atoms with Crippen molar-refractivity contribution in [2.24, 2.45) is 5.92 Å². The van der Waals surface area contributed by atoms with Gasteiger partial charge in [-0.25, -0.2) is 0 Å². The van der Waals surface area contributed by atoms with Gasteiger partial charge in [0.15, 0.2) is 11.6 Å². The van der Waals surface area contributed by atoms with Gasteiger partial charge in [0.1, 0.15) is 0 Å². The van der Waals surface area contributed by atoms with E-state index >= 15 is 0 Å². The van der Waals surface area contributed by atoms with E-state index in [-0.39, 0.29) is 11.8 Å². The minimum absolute atomic E-state index is 0.0474. The van der Waals surface area contributed by atoms with Gasteiger partial charge < -0.3 is 15.1 Å². The normalized spacial score (nSPS) is 14.7. The number of piperazine rings is 1. The molecule has 0 radical (unpaired) electrons. The first-order valence-corrected chi connectivity index (χ1v) is 8.74. The van der Waals surface area contributed by atoms with E-state index in [0.29, 0.717) is 5.82 Å². The highest BCUT2D eigenvalue weighted by atomic mass is 16.1. The van der Waals surface area contributed by atoms with Crippen molar-refractivity contribution in [3.63, 3.8) is 0 Å². The summed E-state index contributed by atoms with van der Waals surface area (Å²) in [5, 5.41) is 11.2. The van der Waals surface area contributed by atoms with Crippen LogP contribution >= 0.6 is 0 Å². The summed E-state index contributed by atoms with van der Waals surface area (Å²) in [6, 6.07) is 12.3. The van der Waals surface area contributed by atoms with Crippen molar-refractivity contribution < 1.29 is 4.79 Å². The number of amides is 1. The highest BCUT2D eigenvalue weighted by Crippen LogP contribution is 2.20. The van der Waals surface area contributed by atoms with Crippen LogP contribution in [0.25, 0.3) is 0 Å². The van der Waals surface area contributed by atoms with E-state index in [1.807, 2.05) is 26.0 Å². The Morgan fingerprint density at radius 3 is 2.36 bits per heavy atom. The van der Waals surface area contributed by atoms with Crippen LogP contribution in [0.5, 0.6) is 0 Å². The summed E-state index contributed by atoms with van der Waals surface area (Å²) in [6.45, 7) is 9.54. The monoisotopic (exact) mass is 339 g/mol. The molecule has 1 aromatic carbocycles. The van der Waals surface area contributed by atoms with E-state index in [2.05, 4.69) is 56.5 Å². The molecule has 1 saturated heterocycles. The lowest BCUT2D eigenvalue weighted by molar-refractivity contribution is -0.118. The minimum atomic E-state index is -0.0730. The Labute approximate surface area is 148 Å². The van der Waals surface area contributed by atoms with Crippen LogP contribution < -0.4 is 15.1 Å². The van der Waals surface area contributed by atoms with Gasteiger partial charge in [0.05, 0.1) is 0 Å². The first kappa shape index (κ1) is 17.2. The molecule has 1 fully saturated rings. The number of carbonyl (C=O) groups is 1. The number of anilines is 3. The minimum Gasteiger partial charge on any atom is -0.368 e. The Kier molecular flexibility index (Phi) is 5.16. The lowest BCUT2D eigenvalue weighted by Crippen LogP contribution is -2.46. The van der Waals surface area contributed by atoms with Gasteiger partial charge in [-0.2, -0.15) is 0 Å². The highest BCUT2D eigenvalue weighted by Gasteiger charge is 2.19. The fraction of sp³-hybridized carbons (Fsp3) is 0.421. The van der Waals surface area contributed by atoms with E-state index in [1.54, 1.807) is 0 Å². The number of benzene rings is 1. The number of nitrogens with zero attached hydrogens (tertiary/aromatic N) is 4. The van der Waals surface area contributed by atoms with E-state index in [1.165, 1.54) is 11.3 Å². The van der Waals surface area contributed by atoms with Gasteiger partial charge in [-0.15, -0.1) is 10.2 Å². The van der Waals surface area contributed by atoms with Gasteiger partial charge in [-0.1, -0.05) is 26.0 Å². The molecule has 1 amide bonds. The smallest absolute Gasteiger partial charge is 0.228 e. The lowest BCUT2D eigenvalue weighted by atomic mass is 10.2. The summed E-state index contributed by atoms with van der Waals surface area (Å²) >= 11 is 0. The van der Waals surface area contributed by atoms with Crippen molar-refractivity contribution in [3.8, 4) is 0 Å². The topological polar surface area (TPSA) is 61.4 Å². The van der Waals surface area contributed by atoms with E-state index < -0.39 is 0 Å². The quantitative estimate of drug-likeness (QED) is 0.928. The van der Waals surface area contributed by atoms with Crippen LogP contribution in [0.2, 0.25) is 0 Å². The molecule has 1 aliphatic heterocycles. The molecule has 0 spiro atoms. The predicted molar refractivity (Wildman–Crippen MR) is 101 cm³/mol. The zero-order chi connectivity index (χ0) is 17.8. The third-order valence-corrected chi connectivity index (χ3v) is 4.40. The molecule has 0 saturated carbocycles. The highest BCUT2D eigenvalue weighted by molar-refractivity contribution is 5.91. The Bertz CT molecular complexity index is 721. The second kappa shape index (κ2) is 7.51. The predicted octanol–water partition coefficient (Wildman–Crippen LogP) is 2.71. The fourth-order valence-electron chi connectivity index (χ4n) is 2.85. The molecular weight excluding hydrogens is 314 g/mol. The van der Waals surface area contributed by atoms with Crippen molar-refractivity contribution >= 4 is 23.2 Å². The Morgan fingerprint density at radius 2 is 1.76 bits per heavy atom. The maximum atomic E-state index is 11.7. The van der Waals surface area contributed by atoms with Gasteiger partial charge in [-0.3, -0.25) is 4.79 Å². The molecule has 1 N–H and O–H groups in total. The molecule has 0 bridgehead atoms. The average Bonchev–Trinajstić information content (AvgIpc) is 2.62. The molecule has 6 nitrogen and oxygen atoms in total. The van der Waals surface area contributed by atoms with E-state index in [9.17, 15) is 4.79 Å². The van der Waals surface area contributed by atoms with Crippen molar-refractivity contribution in [1.82, 2.24) is 10.2 Å². The maximum Gasteiger partial charge on any atom is 0.228 e. The second-order valence-corrected chi connectivity index (χ2v) is 6.73. The Balaban J connectivity index is 1.58. The average molecular weight is 339 g/mol. The zero-order valence-corrected chi connectivity index (χ0v) is 15.1. The number of carbonyl (C=O) groups excluding carboxylic acids is 1. The molecule has 25 heavy (non-hydrogen) atoms. The van der Waals surface area contributed by atoms with Gasteiger partial charge >= 0.3 is 0 Å². The molecule has 0 aliphatic carbocycles. The molecule has 2 aromatic rings.